The lowest BCUT2D eigenvalue weighted by Gasteiger charge is -2.05. The number of pyridine rings is 1. The van der Waals surface area contributed by atoms with E-state index >= 15 is 0 Å². The fourth-order valence-corrected chi connectivity index (χ4v) is 1.84. The average molecular weight is 222 g/mol. The Bertz CT molecular complexity index is 674. The number of hydrogen-bond donors (Lipinski definition) is 1. The number of benzene rings is 1. The van der Waals surface area contributed by atoms with Crippen LogP contribution in [0, 0.1) is 0 Å². The minimum atomic E-state index is 0.274. The predicted molar refractivity (Wildman–Crippen MR) is 67.2 cm³/mol. The van der Waals surface area contributed by atoms with Crippen molar-refractivity contribution in [1.29, 1.82) is 0 Å². The van der Waals surface area contributed by atoms with Crippen LogP contribution in [0.25, 0.3) is 22.0 Å². The van der Waals surface area contributed by atoms with Crippen molar-refractivity contribution in [2.45, 2.75) is 0 Å². The Morgan fingerprint density at radius 2 is 1.88 bits per heavy atom. The van der Waals surface area contributed by atoms with Crippen molar-refractivity contribution in [3.63, 3.8) is 0 Å². The van der Waals surface area contributed by atoms with Gasteiger partial charge in [-0.25, -0.2) is 9.97 Å². The molecule has 3 aromatic rings. The molecule has 0 radical (unpaired) electrons. The van der Waals surface area contributed by atoms with Gasteiger partial charge in [0.15, 0.2) is 0 Å². The minimum Gasteiger partial charge on any atom is -0.368 e. The molecule has 0 amide bonds. The van der Waals surface area contributed by atoms with Crippen molar-refractivity contribution in [3.05, 3.63) is 48.9 Å². The Hall–Kier alpha value is -2.49. The molecule has 1 aromatic carbocycles. The molecule has 2 N–H and O–H groups in total. The molecule has 0 aliphatic rings. The van der Waals surface area contributed by atoms with Crippen molar-refractivity contribution in [1.82, 2.24) is 15.0 Å². The molecule has 0 fully saturated rings. The Kier molecular flexibility index (Phi) is 2.19. The van der Waals surface area contributed by atoms with E-state index in [1.807, 2.05) is 36.5 Å². The molecule has 0 unspecified atom stereocenters. The summed E-state index contributed by atoms with van der Waals surface area (Å²) in [6.07, 6.45) is 5.28. The third kappa shape index (κ3) is 1.69. The molecule has 2 heterocycles. The first-order valence-corrected chi connectivity index (χ1v) is 5.26. The Balaban J connectivity index is 2.30. The van der Waals surface area contributed by atoms with E-state index in [-0.39, 0.29) is 5.95 Å². The van der Waals surface area contributed by atoms with Crippen LogP contribution < -0.4 is 5.73 Å². The number of anilines is 1. The van der Waals surface area contributed by atoms with Crippen molar-refractivity contribution in [2.24, 2.45) is 0 Å². The van der Waals surface area contributed by atoms with Crippen LogP contribution in [-0.2, 0) is 0 Å². The third-order valence-corrected chi connectivity index (χ3v) is 2.62. The van der Waals surface area contributed by atoms with Gasteiger partial charge in [0.1, 0.15) is 0 Å². The molecule has 82 valence electrons. The standard InChI is InChI=1S/C13H10N4/c14-13-16-6-5-12(17-13)11-8-15-7-9-3-1-2-4-10(9)11/h1-8H,(H2,14,16,17). The maximum Gasteiger partial charge on any atom is 0.220 e. The van der Waals surface area contributed by atoms with Gasteiger partial charge in [0, 0.05) is 29.5 Å². The van der Waals surface area contributed by atoms with E-state index in [9.17, 15) is 0 Å². The van der Waals surface area contributed by atoms with Gasteiger partial charge in [-0.1, -0.05) is 24.3 Å². The smallest absolute Gasteiger partial charge is 0.220 e. The summed E-state index contributed by atoms with van der Waals surface area (Å²) in [5.74, 6) is 0.274. The molecular weight excluding hydrogens is 212 g/mol. The Labute approximate surface area is 98.2 Å². The van der Waals surface area contributed by atoms with E-state index in [1.54, 1.807) is 12.4 Å². The number of nitrogens with two attached hydrogens (primary N) is 1. The molecule has 2 aromatic heterocycles. The first kappa shape index (κ1) is 9.72. The van der Waals surface area contributed by atoms with E-state index in [0.717, 1.165) is 22.0 Å². The summed E-state index contributed by atoms with van der Waals surface area (Å²) in [6.45, 7) is 0. The average Bonchev–Trinajstić information content (AvgIpc) is 2.38. The van der Waals surface area contributed by atoms with Gasteiger partial charge in [-0.3, -0.25) is 4.98 Å². The van der Waals surface area contributed by atoms with Gasteiger partial charge in [-0.15, -0.1) is 0 Å². The van der Waals surface area contributed by atoms with Gasteiger partial charge >= 0.3 is 0 Å². The molecule has 4 nitrogen and oxygen atoms in total. The second-order valence-corrected chi connectivity index (χ2v) is 3.71. The molecule has 0 atom stereocenters. The summed E-state index contributed by atoms with van der Waals surface area (Å²) in [7, 11) is 0. The molecule has 0 saturated carbocycles. The summed E-state index contributed by atoms with van der Waals surface area (Å²) in [5, 5.41) is 2.20. The third-order valence-electron chi connectivity index (χ3n) is 2.62. The van der Waals surface area contributed by atoms with Crippen LogP contribution in [0.2, 0.25) is 0 Å². The zero-order chi connectivity index (χ0) is 11.7. The van der Waals surface area contributed by atoms with E-state index < -0.39 is 0 Å². The molecule has 17 heavy (non-hydrogen) atoms. The number of rotatable bonds is 1. The van der Waals surface area contributed by atoms with E-state index in [0.29, 0.717) is 0 Å². The zero-order valence-electron chi connectivity index (χ0n) is 9.04. The molecule has 3 rings (SSSR count). The van der Waals surface area contributed by atoms with Crippen molar-refractivity contribution < 1.29 is 0 Å². The maximum atomic E-state index is 5.60. The number of hydrogen-bond acceptors (Lipinski definition) is 4. The van der Waals surface area contributed by atoms with Gasteiger partial charge in [0.05, 0.1) is 5.69 Å². The lowest BCUT2D eigenvalue weighted by molar-refractivity contribution is 1.19. The first-order valence-electron chi connectivity index (χ1n) is 5.26. The SMILES string of the molecule is Nc1nccc(-c2cncc3ccccc23)n1. The van der Waals surface area contributed by atoms with Crippen LogP contribution >= 0.6 is 0 Å². The van der Waals surface area contributed by atoms with Crippen LogP contribution in [0.15, 0.2) is 48.9 Å². The van der Waals surface area contributed by atoms with Crippen LogP contribution in [0.5, 0.6) is 0 Å². The van der Waals surface area contributed by atoms with Crippen LogP contribution in [0.4, 0.5) is 5.95 Å². The van der Waals surface area contributed by atoms with Crippen LogP contribution in [0.3, 0.4) is 0 Å². The molecule has 0 bridgehead atoms. The normalized spacial score (nSPS) is 10.6. The van der Waals surface area contributed by atoms with Crippen molar-refractivity contribution in [3.8, 4) is 11.3 Å². The highest BCUT2D eigenvalue weighted by molar-refractivity contribution is 5.94. The highest BCUT2D eigenvalue weighted by Gasteiger charge is 2.05. The lowest BCUT2D eigenvalue weighted by Crippen LogP contribution is -1.95. The first-order chi connectivity index (χ1) is 8.34. The molecule has 0 aliphatic heterocycles. The van der Waals surface area contributed by atoms with E-state index in [1.165, 1.54) is 0 Å². The second kappa shape index (κ2) is 3.83. The van der Waals surface area contributed by atoms with E-state index in [4.69, 9.17) is 5.73 Å². The van der Waals surface area contributed by atoms with Crippen LogP contribution in [-0.4, -0.2) is 15.0 Å². The summed E-state index contributed by atoms with van der Waals surface area (Å²) in [6, 6.07) is 9.89. The van der Waals surface area contributed by atoms with Gasteiger partial charge in [0.25, 0.3) is 0 Å². The van der Waals surface area contributed by atoms with Gasteiger partial charge in [0.2, 0.25) is 5.95 Å². The fraction of sp³-hybridized carbons (Fsp3) is 0. The minimum absolute atomic E-state index is 0.274. The molecule has 0 saturated heterocycles. The van der Waals surface area contributed by atoms with Crippen LogP contribution in [0.1, 0.15) is 0 Å². The maximum absolute atomic E-state index is 5.60. The number of nitrogens with zero attached hydrogens (tertiary/aromatic N) is 3. The topological polar surface area (TPSA) is 64.7 Å². The largest absolute Gasteiger partial charge is 0.368 e. The van der Waals surface area contributed by atoms with Crippen molar-refractivity contribution >= 4 is 16.7 Å². The zero-order valence-corrected chi connectivity index (χ0v) is 9.04. The molecular formula is C13H10N4. The summed E-state index contributed by atoms with van der Waals surface area (Å²) in [4.78, 5) is 12.3. The monoisotopic (exact) mass is 222 g/mol. The van der Waals surface area contributed by atoms with Gasteiger partial charge in [-0.2, -0.15) is 0 Å². The van der Waals surface area contributed by atoms with Crippen molar-refractivity contribution in [2.75, 3.05) is 5.73 Å². The molecule has 0 spiro atoms. The summed E-state index contributed by atoms with van der Waals surface area (Å²) in [5.41, 5.74) is 7.36. The highest BCUT2D eigenvalue weighted by atomic mass is 15.0. The van der Waals surface area contributed by atoms with E-state index in [2.05, 4.69) is 15.0 Å². The number of nitrogen functional groups attached to an aromatic ring is 1. The van der Waals surface area contributed by atoms with Gasteiger partial charge < -0.3 is 5.73 Å². The highest BCUT2D eigenvalue weighted by Crippen LogP contribution is 2.25. The summed E-state index contributed by atoms with van der Waals surface area (Å²) >= 11 is 0. The predicted octanol–water partition coefficient (Wildman–Crippen LogP) is 2.27. The molecule has 4 heteroatoms. The molecule has 0 aliphatic carbocycles. The Morgan fingerprint density at radius 1 is 1.00 bits per heavy atom. The Morgan fingerprint density at radius 3 is 2.76 bits per heavy atom. The van der Waals surface area contributed by atoms with Gasteiger partial charge in [-0.05, 0) is 11.5 Å². The fourth-order valence-electron chi connectivity index (χ4n) is 1.84. The summed E-state index contributed by atoms with van der Waals surface area (Å²) < 4.78 is 0. The number of aromatic nitrogens is 3. The lowest BCUT2D eigenvalue weighted by atomic mass is 10.1. The quantitative estimate of drug-likeness (QED) is 0.686. The second-order valence-electron chi connectivity index (χ2n) is 3.71. The number of fused-ring (bicyclic) bond motifs is 1.